The van der Waals surface area contributed by atoms with E-state index in [0.29, 0.717) is 0 Å². The molecule has 0 bridgehead atoms. The second kappa shape index (κ2) is 3.65. The van der Waals surface area contributed by atoms with Gasteiger partial charge in [0.25, 0.3) is 0 Å². The van der Waals surface area contributed by atoms with Crippen LogP contribution in [0.5, 0.6) is 0 Å². The lowest BCUT2D eigenvalue weighted by molar-refractivity contribution is 0.856. The zero-order valence-electron chi connectivity index (χ0n) is 11.2. The fraction of sp³-hybridized carbons (Fsp3) is 0.467. The smallest absolute Gasteiger partial charge is 0.0488 e. The second-order valence-corrected chi connectivity index (χ2v) is 4.82. The second-order valence-electron chi connectivity index (χ2n) is 4.82. The van der Waals surface area contributed by atoms with Gasteiger partial charge >= 0.3 is 0 Å². The third kappa shape index (κ3) is 1.31. The molecule has 0 atom stereocenters. The van der Waals surface area contributed by atoms with Crippen LogP contribution in [0.15, 0.2) is 6.07 Å². The average molecular weight is 215 g/mol. The van der Waals surface area contributed by atoms with E-state index in [-0.39, 0.29) is 0 Å². The monoisotopic (exact) mass is 215 g/mol. The minimum atomic E-state index is 1.11. The van der Waals surface area contributed by atoms with E-state index in [1.165, 1.54) is 38.9 Å². The number of rotatable bonds is 1. The van der Waals surface area contributed by atoms with Crippen molar-refractivity contribution in [3.05, 3.63) is 34.0 Å². The van der Waals surface area contributed by atoms with Crippen molar-refractivity contribution in [3.8, 4) is 0 Å². The molecule has 1 nitrogen and oxygen atoms in total. The van der Waals surface area contributed by atoms with Crippen molar-refractivity contribution in [2.24, 2.45) is 7.05 Å². The van der Waals surface area contributed by atoms with Gasteiger partial charge in [-0.15, -0.1) is 0 Å². The Hall–Kier alpha value is -1.24. The van der Waals surface area contributed by atoms with E-state index in [1.807, 2.05) is 0 Å². The highest BCUT2D eigenvalue weighted by Gasteiger charge is 2.14. The van der Waals surface area contributed by atoms with Gasteiger partial charge in [0.15, 0.2) is 0 Å². The molecule has 0 spiro atoms. The Morgan fingerprint density at radius 2 is 1.62 bits per heavy atom. The summed E-state index contributed by atoms with van der Waals surface area (Å²) in [6.45, 7) is 11.2. The van der Waals surface area contributed by atoms with Gasteiger partial charge in [-0.2, -0.15) is 0 Å². The molecule has 0 aliphatic heterocycles. The Bertz CT molecular complexity index is 559. The summed E-state index contributed by atoms with van der Waals surface area (Å²) in [6.07, 6.45) is 1.11. The molecule has 0 unspecified atom stereocenters. The zero-order chi connectivity index (χ0) is 12.0. The predicted molar refractivity (Wildman–Crippen MR) is 71.2 cm³/mol. The minimum Gasteiger partial charge on any atom is -0.347 e. The normalized spacial score (nSPS) is 11.4. The first-order valence-corrected chi connectivity index (χ1v) is 6.03. The van der Waals surface area contributed by atoms with E-state index < -0.39 is 0 Å². The maximum Gasteiger partial charge on any atom is 0.0488 e. The van der Waals surface area contributed by atoms with Crippen molar-refractivity contribution < 1.29 is 0 Å². The number of benzene rings is 1. The van der Waals surface area contributed by atoms with Crippen molar-refractivity contribution in [1.29, 1.82) is 0 Å². The van der Waals surface area contributed by atoms with Crippen LogP contribution in [0.2, 0.25) is 0 Å². The standard InChI is InChI=1S/C15H21N/c1-7-13-12(5)15-11(4)10(3)9(2)8-14(15)16(13)6/h8H,7H2,1-6H3. The first-order valence-electron chi connectivity index (χ1n) is 6.03. The highest BCUT2D eigenvalue weighted by molar-refractivity contribution is 5.90. The molecular weight excluding hydrogens is 194 g/mol. The Balaban J connectivity index is 3.00. The largest absolute Gasteiger partial charge is 0.347 e. The number of hydrogen-bond donors (Lipinski definition) is 0. The van der Waals surface area contributed by atoms with Crippen LogP contribution in [0, 0.1) is 27.7 Å². The van der Waals surface area contributed by atoms with Crippen LogP contribution in [-0.2, 0) is 13.5 Å². The Kier molecular flexibility index (Phi) is 2.57. The quantitative estimate of drug-likeness (QED) is 0.678. The van der Waals surface area contributed by atoms with Gasteiger partial charge in [0.05, 0.1) is 0 Å². The molecule has 1 aromatic heterocycles. The molecule has 0 aliphatic carbocycles. The number of hydrogen-bond acceptors (Lipinski definition) is 0. The van der Waals surface area contributed by atoms with Crippen molar-refractivity contribution in [1.82, 2.24) is 4.57 Å². The summed E-state index contributed by atoms with van der Waals surface area (Å²) in [6, 6.07) is 2.32. The number of aromatic nitrogens is 1. The average Bonchev–Trinajstić information content (AvgIpc) is 2.48. The third-order valence-corrected chi connectivity index (χ3v) is 4.05. The lowest BCUT2D eigenvalue weighted by atomic mass is 9.98. The number of nitrogens with zero attached hydrogens (tertiary/aromatic N) is 1. The molecule has 1 heterocycles. The van der Waals surface area contributed by atoms with Gasteiger partial charge in [-0.05, 0) is 62.4 Å². The van der Waals surface area contributed by atoms with Crippen LogP contribution in [0.4, 0.5) is 0 Å². The fourth-order valence-electron chi connectivity index (χ4n) is 2.84. The van der Waals surface area contributed by atoms with Crippen molar-refractivity contribution in [2.45, 2.75) is 41.0 Å². The van der Waals surface area contributed by atoms with E-state index >= 15 is 0 Å². The van der Waals surface area contributed by atoms with Gasteiger partial charge in [0.2, 0.25) is 0 Å². The lowest BCUT2D eigenvalue weighted by Gasteiger charge is -2.08. The van der Waals surface area contributed by atoms with E-state index in [1.54, 1.807) is 0 Å². The van der Waals surface area contributed by atoms with E-state index in [4.69, 9.17) is 0 Å². The van der Waals surface area contributed by atoms with Gasteiger partial charge in [0.1, 0.15) is 0 Å². The van der Waals surface area contributed by atoms with E-state index in [0.717, 1.165) is 6.42 Å². The predicted octanol–water partition coefficient (Wildman–Crippen LogP) is 3.97. The number of aryl methyl sites for hydroxylation is 4. The summed E-state index contributed by atoms with van der Waals surface area (Å²) in [4.78, 5) is 0. The molecule has 0 saturated carbocycles. The molecule has 0 amide bonds. The molecule has 86 valence electrons. The first-order chi connectivity index (χ1) is 7.49. The molecule has 0 radical (unpaired) electrons. The third-order valence-electron chi connectivity index (χ3n) is 4.05. The van der Waals surface area contributed by atoms with Gasteiger partial charge in [-0.3, -0.25) is 0 Å². The summed E-state index contributed by atoms with van der Waals surface area (Å²) in [5.74, 6) is 0. The maximum atomic E-state index is 2.35. The summed E-state index contributed by atoms with van der Waals surface area (Å²) >= 11 is 0. The summed E-state index contributed by atoms with van der Waals surface area (Å²) < 4.78 is 2.35. The highest BCUT2D eigenvalue weighted by atomic mass is 14.9. The Morgan fingerprint density at radius 3 is 2.19 bits per heavy atom. The molecule has 2 rings (SSSR count). The van der Waals surface area contributed by atoms with E-state index in [2.05, 4.69) is 52.3 Å². The zero-order valence-corrected chi connectivity index (χ0v) is 11.2. The topological polar surface area (TPSA) is 4.93 Å². The lowest BCUT2D eigenvalue weighted by Crippen LogP contribution is -1.95. The van der Waals surface area contributed by atoms with Crippen LogP contribution in [0.1, 0.15) is 34.9 Å². The first kappa shape index (κ1) is 11.3. The molecule has 16 heavy (non-hydrogen) atoms. The van der Waals surface area contributed by atoms with Gasteiger partial charge < -0.3 is 4.57 Å². The Labute approximate surface area is 98.1 Å². The summed E-state index contributed by atoms with van der Waals surface area (Å²) in [7, 11) is 2.18. The maximum absolute atomic E-state index is 2.35. The SMILES string of the molecule is CCc1c(C)c2c(C)c(C)c(C)cc2n1C. The molecule has 0 aliphatic rings. The Morgan fingerprint density at radius 1 is 1.00 bits per heavy atom. The van der Waals surface area contributed by atoms with Crippen LogP contribution in [-0.4, -0.2) is 4.57 Å². The van der Waals surface area contributed by atoms with E-state index in [9.17, 15) is 0 Å². The van der Waals surface area contributed by atoms with Crippen molar-refractivity contribution >= 4 is 10.9 Å². The van der Waals surface area contributed by atoms with Gasteiger partial charge in [0, 0.05) is 23.6 Å². The molecule has 0 N–H and O–H groups in total. The highest BCUT2D eigenvalue weighted by Crippen LogP contribution is 2.31. The molecule has 1 aromatic carbocycles. The minimum absolute atomic E-state index is 1.11. The van der Waals surface area contributed by atoms with Gasteiger partial charge in [-0.1, -0.05) is 6.92 Å². The molecule has 2 aromatic rings. The van der Waals surface area contributed by atoms with Crippen LogP contribution >= 0.6 is 0 Å². The van der Waals surface area contributed by atoms with Crippen molar-refractivity contribution in [3.63, 3.8) is 0 Å². The summed E-state index contributed by atoms with van der Waals surface area (Å²) in [5.41, 5.74) is 8.58. The summed E-state index contributed by atoms with van der Waals surface area (Å²) in [5, 5.41) is 1.46. The molecule has 0 fully saturated rings. The molecule has 1 heteroatoms. The fourth-order valence-corrected chi connectivity index (χ4v) is 2.84. The van der Waals surface area contributed by atoms with Crippen molar-refractivity contribution in [2.75, 3.05) is 0 Å². The van der Waals surface area contributed by atoms with Crippen LogP contribution in [0.3, 0.4) is 0 Å². The molecular formula is C15H21N. The van der Waals surface area contributed by atoms with Crippen LogP contribution in [0.25, 0.3) is 10.9 Å². The van der Waals surface area contributed by atoms with Gasteiger partial charge in [-0.25, -0.2) is 0 Å². The molecule has 0 saturated heterocycles. The number of fused-ring (bicyclic) bond motifs is 1. The van der Waals surface area contributed by atoms with Crippen LogP contribution < -0.4 is 0 Å².